The Morgan fingerprint density at radius 2 is 2.28 bits per heavy atom. The topological polar surface area (TPSA) is 58.6 Å². The number of nitrogens with one attached hydrogen (secondary N) is 1. The van der Waals surface area contributed by atoms with Crippen molar-refractivity contribution in [1.29, 1.82) is 0 Å². The van der Waals surface area contributed by atoms with Crippen LogP contribution in [0.15, 0.2) is 21.1 Å². The van der Waals surface area contributed by atoms with E-state index in [1.54, 1.807) is 12.1 Å². The fourth-order valence-corrected chi connectivity index (χ4v) is 3.07. The van der Waals surface area contributed by atoms with Gasteiger partial charge in [-0.1, -0.05) is 15.9 Å². The summed E-state index contributed by atoms with van der Waals surface area (Å²) >= 11 is 6.48. The molecule has 2 N–H and O–H groups in total. The van der Waals surface area contributed by atoms with E-state index in [0.717, 1.165) is 23.9 Å². The SMILES string of the molecule is O=C(NC[C@H]1CCCO1)c1cc(Br)cc(Br)c1O. The Bertz CT molecular complexity index is 459. The summed E-state index contributed by atoms with van der Waals surface area (Å²) in [7, 11) is 0. The molecule has 1 saturated heterocycles. The van der Waals surface area contributed by atoms with E-state index < -0.39 is 0 Å². The zero-order valence-corrected chi connectivity index (χ0v) is 12.8. The summed E-state index contributed by atoms with van der Waals surface area (Å²) in [5, 5.41) is 12.6. The summed E-state index contributed by atoms with van der Waals surface area (Å²) in [6, 6.07) is 3.27. The lowest BCUT2D eigenvalue weighted by Crippen LogP contribution is -2.31. The van der Waals surface area contributed by atoms with Crippen LogP contribution in [0.1, 0.15) is 23.2 Å². The van der Waals surface area contributed by atoms with Gasteiger partial charge in [0.2, 0.25) is 0 Å². The smallest absolute Gasteiger partial charge is 0.255 e. The van der Waals surface area contributed by atoms with Crippen molar-refractivity contribution in [3.63, 3.8) is 0 Å². The maximum atomic E-state index is 12.0. The second-order valence-electron chi connectivity index (χ2n) is 4.13. The molecule has 2 rings (SSSR count). The fraction of sp³-hybridized carbons (Fsp3) is 0.417. The van der Waals surface area contributed by atoms with E-state index in [4.69, 9.17) is 4.74 Å². The summed E-state index contributed by atoms with van der Waals surface area (Å²) in [5.41, 5.74) is 0.245. The number of amides is 1. The average molecular weight is 379 g/mol. The van der Waals surface area contributed by atoms with Gasteiger partial charge in [-0.2, -0.15) is 0 Å². The molecule has 1 aromatic carbocycles. The molecule has 6 heteroatoms. The monoisotopic (exact) mass is 377 g/mol. The molecule has 1 atom stereocenters. The number of ether oxygens (including phenoxy) is 1. The first-order valence-corrected chi connectivity index (χ1v) is 7.24. The lowest BCUT2D eigenvalue weighted by atomic mass is 10.2. The van der Waals surface area contributed by atoms with Crippen molar-refractivity contribution < 1.29 is 14.6 Å². The highest BCUT2D eigenvalue weighted by molar-refractivity contribution is 9.11. The predicted molar refractivity (Wildman–Crippen MR) is 74.8 cm³/mol. The normalized spacial score (nSPS) is 18.9. The lowest BCUT2D eigenvalue weighted by Gasteiger charge is -2.12. The van der Waals surface area contributed by atoms with Gasteiger partial charge in [0.15, 0.2) is 0 Å². The first-order valence-electron chi connectivity index (χ1n) is 5.65. The van der Waals surface area contributed by atoms with Gasteiger partial charge in [0.25, 0.3) is 5.91 Å². The minimum absolute atomic E-state index is 0.0527. The largest absolute Gasteiger partial charge is 0.506 e. The molecule has 1 aliphatic rings. The Kier molecular flexibility index (Phi) is 4.64. The molecule has 1 aromatic rings. The molecule has 1 fully saturated rings. The molecule has 0 aliphatic carbocycles. The minimum atomic E-state index is -0.301. The highest BCUT2D eigenvalue weighted by atomic mass is 79.9. The second-order valence-corrected chi connectivity index (χ2v) is 5.90. The standard InChI is InChI=1S/C12H13Br2NO3/c13-7-4-9(11(16)10(14)5-7)12(17)15-6-8-2-1-3-18-8/h4-5,8,16H,1-3,6H2,(H,15,17)/t8-/m1/s1. The summed E-state index contributed by atoms with van der Waals surface area (Å²) in [4.78, 5) is 12.0. The maximum Gasteiger partial charge on any atom is 0.255 e. The number of aromatic hydroxyl groups is 1. The van der Waals surface area contributed by atoms with Crippen LogP contribution < -0.4 is 5.32 Å². The van der Waals surface area contributed by atoms with Crippen LogP contribution in [-0.2, 0) is 4.74 Å². The van der Waals surface area contributed by atoms with Crippen molar-refractivity contribution in [2.24, 2.45) is 0 Å². The van der Waals surface area contributed by atoms with Gasteiger partial charge >= 0.3 is 0 Å². The van der Waals surface area contributed by atoms with Crippen molar-refractivity contribution >= 4 is 37.8 Å². The third-order valence-corrected chi connectivity index (χ3v) is 3.85. The van der Waals surface area contributed by atoms with Gasteiger partial charge in [0.1, 0.15) is 5.75 Å². The van der Waals surface area contributed by atoms with Crippen LogP contribution >= 0.6 is 31.9 Å². The molecule has 0 spiro atoms. The molecule has 0 bridgehead atoms. The maximum absolute atomic E-state index is 12.0. The number of rotatable bonds is 3. The van der Waals surface area contributed by atoms with Crippen LogP contribution in [0.25, 0.3) is 0 Å². The number of phenolic OH excluding ortho intramolecular Hbond substituents is 1. The van der Waals surface area contributed by atoms with Crippen LogP contribution in [0.4, 0.5) is 0 Å². The zero-order valence-electron chi connectivity index (χ0n) is 9.58. The fourth-order valence-electron chi connectivity index (χ4n) is 1.85. The van der Waals surface area contributed by atoms with E-state index in [1.807, 2.05) is 0 Å². The van der Waals surface area contributed by atoms with E-state index in [1.165, 1.54) is 0 Å². The number of hydrogen-bond donors (Lipinski definition) is 2. The number of benzene rings is 1. The molecule has 18 heavy (non-hydrogen) atoms. The molecule has 1 heterocycles. The van der Waals surface area contributed by atoms with Crippen molar-refractivity contribution in [2.75, 3.05) is 13.2 Å². The van der Waals surface area contributed by atoms with Crippen LogP contribution in [-0.4, -0.2) is 30.3 Å². The molecule has 0 unspecified atom stereocenters. The minimum Gasteiger partial charge on any atom is -0.506 e. The Balaban J connectivity index is 2.04. The van der Waals surface area contributed by atoms with Crippen molar-refractivity contribution in [2.45, 2.75) is 18.9 Å². The third-order valence-electron chi connectivity index (χ3n) is 2.79. The van der Waals surface area contributed by atoms with Gasteiger partial charge in [-0.15, -0.1) is 0 Å². The van der Waals surface area contributed by atoms with E-state index >= 15 is 0 Å². The number of hydrogen-bond acceptors (Lipinski definition) is 3. The van der Waals surface area contributed by atoms with E-state index in [0.29, 0.717) is 11.0 Å². The Morgan fingerprint density at radius 1 is 1.50 bits per heavy atom. The molecule has 4 nitrogen and oxygen atoms in total. The van der Waals surface area contributed by atoms with E-state index in [-0.39, 0.29) is 23.3 Å². The van der Waals surface area contributed by atoms with Crippen LogP contribution in [0.5, 0.6) is 5.75 Å². The van der Waals surface area contributed by atoms with Gasteiger partial charge in [-0.25, -0.2) is 0 Å². The number of halogens is 2. The predicted octanol–water partition coefficient (Wildman–Crippen LogP) is 2.83. The number of carbonyl (C=O) groups is 1. The molecular formula is C12H13Br2NO3. The summed E-state index contributed by atoms with van der Waals surface area (Å²) in [6.07, 6.45) is 2.09. The van der Waals surface area contributed by atoms with Crippen LogP contribution in [0.3, 0.4) is 0 Å². The molecular weight excluding hydrogens is 366 g/mol. The molecule has 0 radical (unpaired) electrons. The summed E-state index contributed by atoms with van der Waals surface area (Å²) in [5.74, 6) is -0.354. The Morgan fingerprint density at radius 3 is 2.94 bits per heavy atom. The Hall–Kier alpha value is -0.590. The van der Waals surface area contributed by atoms with Gasteiger partial charge < -0.3 is 15.2 Å². The summed E-state index contributed by atoms with van der Waals surface area (Å²) in [6.45, 7) is 1.23. The van der Waals surface area contributed by atoms with Crippen LogP contribution in [0.2, 0.25) is 0 Å². The zero-order chi connectivity index (χ0) is 13.1. The van der Waals surface area contributed by atoms with Crippen molar-refractivity contribution in [3.05, 3.63) is 26.6 Å². The number of carbonyl (C=O) groups excluding carboxylic acids is 1. The first-order chi connectivity index (χ1) is 8.58. The van der Waals surface area contributed by atoms with E-state index in [2.05, 4.69) is 37.2 Å². The van der Waals surface area contributed by atoms with Gasteiger partial charge in [0.05, 0.1) is 16.1 Å². The lowest BCUT2D eigenvalue weighted by molar-refractivity contribution is 0.0855. The molecule has 0 aromatic heterocycles. The highest BCUT2D eigenvalue weighted by Gasteiger charge is 2.19. The summed E-state index contributed by atoms with van der Waals surface area (Å²) < 4.78 is 6.64. The van der Waals surface area contributed by atoms with Crippen LogP contribution in [0, 0.1) is 0 Å². The quantitative estimate of drug-likeness (QED) is 0.850. The van der Waals surface area contributed by atoms with Crippen molar-refractivity contribution in [1.82, 2.24) is 5.32 Å². The molecule has 98 valence electrons. The average Bonchev–Trinajstić information content (AvgIpc) is 2.83. The van der Waals surface area contributed by atoms with E-state index in [9.17, 15) is 9.90 Å². The Labute approximate surface area is 122 Å². The molecule has 0 saturated carbocycles. The van der Waals surface area contributed by atoms with Gasteiger partial charge in [0, 0.05) is 17.6 Å². The third kappa shape index (κ3) is 3.24. The highest BCUT2D eigenvalue weighted by Crippen LogP contribution is 2.31. The van der Waals surface area contributed by atoms with Crippen molar-refractivity contribution in [3.8, 4) is 5.75 Å². The van der Waals surface area contributed by atoms with Gasteiger partial charge in [-0.05, 0) is 40.9 Å². The second kappa shape index (κ2) is 6.04. The molecule has 1 aliphatic heterocycles. The number of phenols is 1. The molecule has 1 amide bonds. The first kappa shape index (κ1) is 13.8. The van der Waals surface area contributed by atoms with Gasteiger partial charge in [-0.3, -0.25) is 4.79 Å².